The van der Waals surface area contributed by atoms with E-state index in [1.54, 1.807) is 47.9 Å². The number of nitrogens with one attached hydrogen (secondary N) is 8. The normalized spacial score (nSPS) is 16.6. The summed E-state index contributed by atoms with van der Waals surface area (Å²) in [5.41, 5.74) is 15.4. The molecular formula is C94H118N16O19. The molecule has 5 heterocycles. The summed E-state index contributed by atoms with van der Waals surface area (Å²) in [4.78, 5) is 116. The fourth-order valence-corrected chi connectivity index (χ4v) is 14.3. The van der Waals surface area contributed by atoms with Crippen LogP contribution in [0, 0.1) is 0 Å². The number of hydrogen-bond acceptors (Lipinski definition) is 27. The highest BCUT2D eigenvalue weighted by Gasteiger charge is 2.48. The van der Waals surface area contributed by atoms with Crippen LogP contribution in [0.1, 0.15) is 86.8 Å². The molecule has 11 rings (SSSR count). The van der Waals surface area contributed by atoms with Gasteiger partial charge in [0.25, 0.3) is 17.7 Å². The van der Waals surface area contributed by atoms with E-state index in [-0.39, 0.29) is 71.1 Å². The van der Waals surface area contributed by atoms with E-state index in [0.29, 0.717) is 32.4 Å². The van der Waals surface area contributed by atoms with Crippen LogP contribution in [0.25, 0.3) is 33.8 Å². The molecule has 0 spiro atoms. The molecule has 2 unspecified atom stereocenters. The molecule has 8 amide bonds. The Bertz CT molecular complexity index is 4970. The van der Waals surface area contributed by atoms with Gasteiger partial charge in [0.1, 0.15) is 12.1 Å². The van der Waals surface area contributed by atoms with Crippen LogP contribution in [0.2, 0.25) is 0 Å². The summed E-state index contributed by atoms with van der Waals surface area (Å²) in [5.74, 6) is 3.18. The van der Waals surface area contributed by atoms with Gasteiger partial charge in [0.15, 0.2) is 0 Å². The molecule has 2 aliphatic rings. The van der Waals surface area contributed by atoms with E-state index in [0.717, 1.165) is 81.4 Å². The zero-order chi connectivity index (χ0) is 93.1. The number of aliphatic hydroxyl groups is 5. The second kappa shape index (κ2) is 49.0. The maximum Gasteiger partial charge on any atom is 0.409 e. The molecular weight excluding hydrogens is 1660 g/mol. The van der Waals surface area contributed by atoms with E-state index in [4.69, 9.17) is 30.5 Å². The third-order valence-corrected chi connectivity index (χ3v) is 21.2. The van der Waals surface area contributed by atoms with Crippen molar-refractivity contribution in [2.45, 2.75) is 163 Å². The first-order valence-corrected chi connectivity index (χ1v) is 42.1. The number of alkyl carbamates (subject to hydrolysis) is 4. The van der Waals surface area contributed by atoms with Crippen molar-refractivity contribution >= 4 is 48.0 Å². The van der Waals surface area contributed by atoms with E-state index in [1.807, 2.05) is 194 Å². The van der Waals surface area contributed by atoms with Crippen molar-refractivity contribution in [3.05, 3.63) is 270 Å². The van der Waals surface area contributed by atoms with Crippen LogP contribution < -0.4 is 54.3 Å². The number of nitrogens with two attached hydrogens (primary N) is 2. The average Bonchev–Trinajstić information content (AvgIpc) is 1.72. The summed E-state index contributed by atoms with van der Waals surface area (Å²) in [6, 6.07) is 63.1. The highest BCUT2D eigenvalue weighted by atomic mass is 16.6. The number of carbonyl (C=O) groups excluding carboxylic acids is 8. The number of aromatic nitrogens is 3. The van der Waals surface area contributed by atoms with Gasteiger partial charge in [-0.3, -0.25) is 61.5 Å². The number of nitrogens with zero attached hydrogens (tertiary/aromatic N) is 6. The zero-order valence-electron chi connectivity index (χ0n) is 73.5. The maximum absolute atomic E-state index is 13.8. The van der Waals surface area contributed by atoms with E-state index in [2.05, 4.69) is 67.2 Å². The highest BCUT2D eigenvalue weighted by molar-refractivity contribution is 5.90. The van der Waals surface area contributed by atoms with Crippen molar-refractivity contribution in [1.29, 1.82) is 0 Å². The van der Waals surface area contributed by atoms with Gasteiger partial charge in [-0.1, -0.05) is 182 Å². The molecule has 2 fully saturated rings. The summed E-state index contributed by atoms with van der Waals surface area (Å²) in [6.45, 7) is 6.44. The van der Waals surface area contributed by atoms with Crippen LogP contribution in [0.15, 0.2) is 237 Å². The lowest BCUT2D eigenvalue weighted by molar-refractivity contribution is -0.151. The summed E-state index contributed by atoms with van der Waals surface area (Å²) in [6.07, 6.45) is 0.688. The molecule has 6 aromatic carbocycles. The maximum atomic E-state index is 13.8. The minimum absolute atomic E-state index is 0.0459. The summed E-state index contributed by atoms with van der Waals surface area (Å²) < 4.78 is 30.3. The molecule has 2 aliphatic heterocycles. The Labute approximate surface area is 749 Å². The Morgan fingerprint density at radius 2 is 0.760 bits per heavy atom. The Morgan fingerprint density at radius 3 is 1.12 bits per heavy atom. The van der Waals surface area contributed by atoms with Crippen molar-refractivity contribution in [3.63, 3.8) is 0 Å². The standard InChI is InChI=1S/C36H44N6O9.C36H48N6O9.C22H26N4O/c1-48-33(46)39-35(17-8-20-50-35)31(44)38-29(22-25-10-4-3-5-11-25)30(43)24-42(41-32(45)36(18-9-21-51-36)40-34(47)49-2)23-26-13-15-27(16-14-26)28-12-6-7-19-37-28;1-35(2,48)29(39-33(46)50-5)31(44)38-27(20-23-12-8-7-9-13-23)28(43)22-42(41-32(45)30(36(3,4)49)40-34(47)51-6)21-24-15-17-25(18-16-24)26-14-10-11-19-37-26;23-20(14-17-6-2-1-3-7-17)22(27)16-26(24)15-18-9-11-19(12-10-18)21-8-4-5-13-25-21/h3-7,10-16,19,29-30,43H,8-9,17-18,20-24H2,1-2H3,(H,38,44)(H,39,46)(H,40,47)(H,41,45);7-19,27-30,43,48-49H,20-22H2,1-6H3,(H,38,44)(H,39,46)(H,40,47)(H,41,45);1-13,20,22,27H,14-16,23-24H2/t29-,30-,35?,36?;27-,28-,29+,30+;20-,22-/m000/s1. The van der Waals surface area contributed by atoms with Gasteiger partial charge in [-0.25, -0.2) is 34.2 Å². The number of aliphatic hydroxyl groups excluding tert-OH is 3. The number of pyridine rings is 3. The van der Waals surface area contributed by atoms with Crippen LogP contribution in [0.4, 0.5) is 19.2 Å². The predicted molar refractivity (Wildman–Crippen MR) is 479 cm³/mol. The molecule has 0 saturated carbocycles. The molecule has 688 valence electrons. The van der Waals surface area contributed by atoms with Crippen molar-refractivity contribution in [2.24, 2.45) is 11.6 Å². The number of ether oxygens (including phenoxy) is 6. The number of carbonyl (C=O) groups is 8. The van der Waals surface area contributed by atoms with Crippen molar-refractivity contribution in [1.82, 2.24) is 72.7 Å². The van der Waals surface area contributed by atoms with Crippen LogP contribution >= 0.6 is 0 Å². The van der Waals surface area contributed by atoms with E-state index in [9.17, 15) is 63.9 Å². The zero-order valence-corrected chi connectivity index (χ0v) is 73.5. The fraction of sp³-hybridized carbons (Fsp3) is 0.372. The van der Waals surface area contributed by atoms with Gasteiger partial charge < -0.3 is 81.0 Å². The van der Waals surface area contributed by atoms with E-state index >= 15 is 0 Å². The largest absolute Gasteiger partial charge is 0.453 e. The Balaban J connectivity index is 0.000000229. The molecule has 0 radical (unpaired) electrons. The number of hydrazine groups is 3. The van der Waals surface area contributed by atoms with Crippen molar-refractivity contribution < 1.29 is 92.3 Å². The first kappa shape index (κ1) is 100. The summed E-state index contributed by atoms with van der Waals surface area (Å²) in [5, 5.41) is 75.3. The molecule has 17 N–H and O–H groups in total. The molecule has 129 heavy (non-hydrogen) atoms. The minimum atomic E-state index is -1.73. The Morgan fingerprint density at radius 1 is 0.411 bits per heavy atom. The number of amides is 8. The lowest BCUT2D eigenvalue weighted by Crippen LogP contribution is -2.64. The molecule has 9 aromatic rings. The monoisotopic (exact) mass is 1770 g/mol. The second-order valence-electron chi connectivity index (χ2n) is 32.2. The number of methoxy groups -OCH3 is 4. The molecule has 0 aliphatic carbocycles. The van der Waals surface area contributed by atoms with Gasteiger partial charge in [-0.05, 0) is 130 Å². The van der Waals surface area contributed by atoms with Gasteiger partial charge in [-0.15, -0.1) is 0 Å². The predicted octanol–water partition coefficient (Wildman–Crippen LogP) is 6.41. The second-order valence-corrected chi connectivity index (χ2v) is 32.2. The van der Waals surface area contributed by atoms with Gasteiger partial charge in [0.2, 0.25) is 17.4 Å². The van der Waals surface area contributed by atoms with Gasteiger partial charge >= 0.3 is 24.4 Å². The smallest absolute Gasteiger partial charge is 0.409 e. The Kier molecular flexibility index (Phi) is 38.0. The lowest BCUT2D eigenvalue weighted by Gasteiger charge is -2.35. The first-order valence-electron chi connectivity index (χ1n) is 42.1. The molecule has 3 aromatic heterocycles. The highest BCUT2D eigenvalue weighted by Crippen LogP contribution is 2.29. The molecule has 35 heteroatoms. The van der Waals surface area contributed by atoms with Crippen molar-refractivity contribution in [3.8, 4) is 33.8 Å². The first-order chi connectivity index (χ1) is 61.8. The van der Waals surface area contributed by atoms with E-state index in [1.165, 1.54) is 51.9 Å². The third-order valence-electron chi connectivity index (χ3n) is 21.2. The molecule has 10 atom stereocenters. The Hall–Kier alpha value is -12.8. The summed E-state index contributed by atoms with van der Waals surface area (Å²) in [7, 11) is 4.62. The average molecular weight is 1780 g/mol. The quantitative estimate of drug-likeness (QED) is 0.0113. The van der Waals surface area contributed by atoms with Gasteiger partial charge in [-0.2, -0.15) is 0 Å². The van der Waals surface area contributed by atoms with Gasteiger partial charge in [0, 0.05) is 93.4 Å². The number of benzene rings is 6. The molecule has 35 nitrogen and oxygen atoms in total. The molecule has 2 saturated heterocycles. The number of rotatable bonds is 38. The van der Waals surface area contributed by atoms with Crippen LogP contribution in [0.3, 0.4) is 0 Å². The lowest BCUT2D eigenvalue weighted by atomic mass is 9.96. The number of hydrogen-bond donors (Lipinski definition) is 15. The van der Waals surface area contributed by atoms with Crippen LogP contribution in [-0.4, -0.2) is 236 Å². The van der Waals surface area contributed by atoms with Gasteiger partial charge in [0.05, 0.1) is 100 Å². The van der Waals surface area contributed by atoms with E-state index < -0.39 is 113 Å². The third kappa shape index (κ3) is 31.3. The molecule has 0 bridgehead atoms. The van der Waals surface area contributed by atoms with Crippen molar-refractivity contribution in [2.75, 3.05) is 61.3 Å². The van der Waals surface area contributed by atoms with Crippen LogP contribution in [-0.2, 0) is 86.5 Å². The minimum Gasteiger partial charge on any atom is -0.453 e. The fourth-order valence-electron chi connectivity index (χ4n) is 14.3. The SMILES string of the molecule is COC(=O)NC1(C(=O)N[C@@H](Cc2ccccc2)[C@@H](O)CN(Cc2ccc(-c3ccccn3)cc2)NC(=O)C2(NC(=O)OC)CCCO2)CCCO1.COC(=O)N[C@H](C(=O)N[C@@H](Cc1ccccc1)[C@@H](O)CN(Cc1ccc(-c2ccccn2)cc1)NC(=O)[C@@H](NC(=O)OC)C(C)(C)O)C(C)(C)O.N[C@@H](Cc1ccccc1)[C@@H](O)CN(N)Cc1ccc(-c2ccccn2)cc1. The van der Waals surface area contributed by atoms with Crippen LogP contribution in [0.5, 0.6) is 0 Å². The summed E-state index contributed by atoms with van der Waals surface area (Å²) >= 11 is 0. The topological polar surface area (TPSA) is 490 Å².